The number of methoxy groups -OCH3 is 1. The van der Waals surface area contributed by atoms with E-state index in [9.17, 15) is 0 Å². The monoisotopic (exact) mass is 260 g/mol. The third-order valence-corrected chi connectivity index (χ3v) is 2.40. The predicted molar refractivity (Wildman–Crippen MR) is 59.4 cm³/mol. The molecule has 3 heteroatoms. The Morgan fingerprint density at radius 1 is 1.62 bits per heavy atom. The van der Waals surface area contributed by atoms with Crippen LogP contribution < -0.4 is 4.74 Å². The second-order valence-corrected chi connectivity index (χ2v) is 4.05. The lowest BCUT2D eigenvalue weighted by molar-refractivity contribution is 0.411. The average molecular weight is 262 g/mol. The van der Waals surface area contributed by atoms with Gasteiger partial charge in [0.1, 0.15) is 5.75 Å². The summed E-state index contributed by atoms with van der Waals surface area (Å²) in [6.07, 6.45) is 0.672. The highest BCUT2D eigenvalue weighted by Gasteiger charge is 2.01. The summed E-state index contributed by atoms with van der Waals surface area (Å²) in [5, 5.41) is 0.629. The molecule has 0 aliphatic carbocycles. The molecule has 0 saturated heterocycles. The minimum Gasteiger partial charge on any atom is -0.496 e. The lowest BCUT2D eigenvalue weighted by atomic mass is 10.1. The SMILES string of the molecule is C=C(Cl)Cc1ccc(Br)c(OC)c1. The van der Waals surface area contributed by atoms with Crippen molar-refractivity contribution in [1.29, 1.82) is 0 Å². The van der Waals surface area contributed by atoms with Gasteiger partial charge in [-0.1, -0.05) is 24.2 Å². The number of rotatable bonds is 3. The maximum Gasteiger partial charge on any atom is 0.133 e. The van der Waals surface area contributed by atoms with E-state index in [-0.39, 0.29) is 0 Å². The molecule has 0 spiro atoms. The summed E-state index contributed by atoms with van der Waals surface area (Å²) in [7, 11) is 1.64. The molecule has 1 rings (SSSR count). The van der Waals surface area contributed by atoms with Crippen LogP contribution in [-0.2, 0) is 6.42 Å². The van der Waals surface area contributed by atoms with Gasteiger partial charge < -0.3 is 4.74 Å². The van der Waals surface area contributed by atoms with Gasteiger partial charge in [0.05, 0.1) is 11.6 Å². The topological polar surface area (TPSA) is 9.23 Å². The Morgan fingerprint density at radius 3 is 2.85 bits per heavy atom. The summed E-state index contributed by atoms with van der Waals surface area (Å²) >= 11 is 9.08. The Morgan fingerprint density at radius 2 is 2.31 bits per heavy atom. The maximum atomic E-state index is 5.70. The lowest BCUT2D eigenvalue weighted by Crippen LogP contribution is -1.88. The molecule has 0 atom stereocenters. The molecule has 1 nitrogen and oxygen atoms in total. The van der Waals surface area contributed by atoms with E-state index in [2.05, 4.69) is 22.5 Å². The molecule has 70 valence electrons. The molecule has 0 N–H and O–H groups in total. The van der Waals surface area contributed by atoms with Gasteiger partial charge in [0.25, 0.3) is 0 Å². The molecule has 1 aromatic rings. The van der Waals surface area contributed by atoms with Gasteiger partial charge in [0, 0.05) is 11.5 Å². The summed E-state index contributed by atoms with van der Waals surface area (Å²) in [5.41, 5.74) is 1.10. The first-order chi connectivity index (χ1) is 6.13. The van der Waals surface area contributed by atoms with Gasteiger partial charge >= 0.3 is 0 Å². The summed E-state index contributed by atoms with van der Waals surface area (Å²) in [6.45, 7) is 3.64. The van der Waals surface area contributed by atoms with Gasteiger partial charge in [-0.05, 0) is 33.6 Å². The summed E-state index contributed by atoms with van der Waals surface area (Å²) in [6, 6.07) is 5.87. The molecule has 0 aliphatic heterocycles. The van der Waals surface area contributed by atoms with Crippen LogP contribution in [0.25, 0.3) is 0 Å². The first-order valence-electron chi connectivity index (χ1n) is 3.79. The molecule has 0 saturated carbocycles. The quantitative estimate of drug-likeness (QED) is 0.805. The highest BCUT2D eigenvalue weighted by Crippen LogP contribution is 2.26. The van der Waals surface area contributed by atoms with Crippen LogP contribution in [0, 0.1) is 0 Å². The second-order valence-electron chi connectivity index (χ2n) is 2.66. The van der Waals surface area contributed by atoms with E-state index in [4.69, 9.17) is 16.3 Å². The van der Waals surface area contributed by atoms with Gasteiger partial charge in [0.15, 0.2) is 0 Å². The van der Waals surface area contributed by atoms with Gasteiger partial charge in [-0.15, -0.1) is 0 Å². The zero-order valence-corrected chi connectivity index (χ0v) is 9.65. The Bertz CT molecular complexity index is 323. The molecule has 0 unspecified atom stereocenters. The van der Waals surface area contributed by atoms with Gasteiger partial charge in [0.2, 0.25) is 0 Å². The zero-order valence-electron chi connectivity index (χ0n) is 7.31. The van der Waals surface area contributed by atoms with Crippen LogP contribution >= 0.6 is 27.5 Å². The predicted octanol–water partition coefficient (Wildman–Crippen LogP) is 3.75. The van der Waals surface area contributed by atoms with Crippen molar-refractivity contribution in [2.75, 3.05) is 7.11 Å². The van der Waals surface area contributed by atoms with Crippen molar-refractivity contribution in [3.63, 3.8) is 0 Å². The van der Waals surface area contributed by atoms with E-state index in [1.165, 1.54) is 0 Å². The Hall–Kier alpha value is -0.470. The van der Waals surface area contributed by atoms with E-state index >= 15 is 0 Å². The number of benzene rings is 1. The minimum absolute atomic E-state index is 0.629. The van der Waals surface area contributed by atoms with Crippen LogP contribution in [0.1, 0.15) is 5.56 Å². The summed E-state index contributed by atoms with van der Waals surface area (Å²) < 4.78 is 6.09. The second kappa shape index (κ2) is 4.68. The third kappa shape index (κ3) is 3.05. The van der Waals surface area contributed by atoms with E-state index in [0.717, 1.165) is 15.8 Å². The average Bonchev–Trinajstić information content (AvgIpc) is 2.07. The fourth-order valence-corrected chi connectivity index (χ4v) is 1.60. The number of hydrogen-bond acceptors (Lipinski definition) is 1. The van der Waals surface area contributed by atoms with Crippen molar-refractivity contribution < 1.29 is 4.74 Å². The normalized spacial score (nSPS) is 9.77. The van der Waals surface area contributed by atoms with Crippen LogP contribution in [0.4, 0.5) is 0 Å². The number of hydrogen-bond donors (Lipinski definition) is 0. The van der Waals surface area contributed by atoms with Crippen LogP contribution in [0.3, 0.4) is 0 Å². The first kappa shape index (κ1) is 10.6. The standard InChI is InChI=1S/C10H10BrClO/c1-7(12)5-8-3-4-9(11)10(6-8)13-2/h3-4,6H,1,5H2,2H3. The van der Waals surface area contributed by atoms with Crippen molar-refractivity contribution in [3.05, 3.63) is 39.8 Å². The zero-order chi connectivity index (χ0) is 9.84. The molecule has 0 heterocycles. The fourth-order valence-electron chi connectivity index (χ4n) is 1.04. The Labute approximate surface area is 91.5 Å². The van der Waals surface area contributed by atoms with Crippen LogP contribution in [0.5, 0.6) is 5.75 Å². The number of halogens is 2. The molecule has 0 aromatic heterocycles. The van der Waals surface area contributed by atoms with Crippen molar-refractivity contribution in [2.24, 2.45) is 0 Å². The van der Waals surface area contributed by atoms with Crippen molar-refractivity contribution in [3.8, 4) is 5.75 Å². The third-order valence-electron chi connectivity index (χ3n) is 1.61. The van der Waals surface area contributed by atoms with E-state index in [0.29, 0.717) is 11.5 Å². The highest BCUT2D eigenvalue weighted by atomic mass is 79.9. The minimum atomic E-state index is 0.629. The molecule has 0 fully saturated rings. The number of ether oxygens (including phenoxy) is 1. The van der Waals surface area contributed by atoms with Crippen molar-refractivity contribution in [1.82, 2.24) is 0 Å². The number of allylic oxidation sites excluding steroid dienone is 1. The maximum absolute atomic E-state index is 5.70. The van der Waals surface area contributed by atoms with Crippen LogP contribution in [-0.4, -0.2) is 7.11 Å². The lowest BCUT2D eigenvalue weighted by Gasteiger charge is -2.05. The molecule has 0 radical (unpaired) electrons. The summed E-state index contributed by atoms with van der Waals surface area (Å²) in [5.74, 6) is 0.815. The molecular formula is C10H10BrClO. The van der Waals surface area contributed by atoms with E-state index in [1.807, 2.05) is 18.2 Å². The van der Waals surface area contributed by atoms with Gasteiger partial charge in [-0.25, -0.2) is 0 Å². The van der Waals surface area contributed by atoms with Crippen LogP contribution in [0.2, 0.25) is 0 Å². The molecule has 0 aliphatic rings. The molecule has 1 aromatic carbocycles. The van der Waals surface area contributed by atoms with E-state index in [1.54, 1.807) is 7.11 Å². The van der Waals surface area contributed by atoms with Crippen LogP contribution in [0.15, 0.2) is 34.3 Å². The Balaban J connectivity index is 2.92. The largest absolute Gasteiger partial charge is 0.496 e. The molecule has 0 bridgehead atoms. The summed E-state index contributed by atoms with van der Waals surface area (Å²) in [4.78, 5) is 0. The molecule has 13 heavy (non-hydrogen) atoms. The highest BCUT2D eigenvalue weighted by molar-refractivity contribution is 9.10. The fraction of sp³-hybridized carbons (Fsp3) is 0.200. The first-order valence-corrected chi connectivity index (χ1v) is 4.96. The molecular weight excluding hydrogens is 251 g/mol. The van der Waals surface area contributed by atoms with Crippen molar-refractivity contribution >= 4 is 27.5 Å². The van der Waals surface area contributed by atoms with E-state index < -0.39 is 0 Å². The van der Waals surface area contributed by atoms with Gasteiger partial charge in [-0.3, -0.25) is 0 Å². The smallest absolute Gasteiger partial charge is 0.133 e. The Kier molecular flexibility index (Phi) is 3.82. The molecule has 0 amide bonds. The van der Waals surface area contributed by atoms with Crippen molar-refractivity contribution in [2.45, 2.75) is 6.42 Å². The van der Waals surface area contributed by atoms with Gasteiger partial charge in [-0.2, -0.15) is 0 Å².